The van der Waals surface area contributed by atoms with Crippen molar-refractivity contribution in [2.75, 3.05) is 12.4 Å². The predicted molar refractivity (Wildman–Crippen MR) is 112 cm³/mol. The number of anilines is 1. The molecule has 0 radical (unpaired) electrons. The Labute approximate surface area is 162 Å². The van der Waals surface area contributed by atoms with E-state index in [0.29, 0.717) is 0 Å². The quantitative estimate of drug-likeness (QED) is 0.492. The molecule has 0 spiro atoms. The average Bonchev–Trinajstić information content (AvgIpc) is 3.21. The van der Waals surface area contributed by atoms with E-state index in [1.807, 2.05) is 42.7 Å². The van der Waals surface area contributed by atoms with Crippen LogP contribution in [0.2, 0.25) is 0 Å². The van der Waals surface area contributed by atoms with Crippen LogP contribution in [0, 0.1) is 0 Å². The van der Waals surface area contributed by atoms with E-state index in [4.69, 9.17) is 4.74 Å². The van der Waals surface area contributed by atoms with Gasteiger partial charge in [-0.05, 0) is 59.7 Å². The molecule has 2 aromatic heterocycles. The molecule has 0 aliphatic rings. The van der Waals surface area contributed by atoms with Crippen LogP contribution >= 0.6 is 0 Å². The maximum atomic E-state index is 12.2. The van der Waals surface area contributed by atoms with Crippen LogP contribution < -0.4 is 10.1 Å². The smallest absolute Gasteiger partial charge is 0.248 e. The monoisotopic (exact) mass is 369 g/mol. The van der Waals surface area contributed by atoms with Crippen molar-refractivity contribution in [2.45, 2.75) is 0 Å². The van der Waals surface area contributed by atoms with Crippen LogP contribution in [-0.2, 0) is 4.79 Å². The Balaban J connectivity index is 1.48. The maximum Gasteiger partial charge on any atom is 0.248 e. The molecule has 28 heavy (non-hydrogen) atoms. The number of nitrogens with zero attached hydrogens (tertiary/aromatic N) is 1. The fourth-order valence-electron chi connectivity index (χ4n) is 2.95. The first-order valence-electron chi connectivity index (χ1n) is 8.88. The van der Waals surface area contributed by atoms with Gasteiger partial charge < -0.3 is 15.0 Å². The zero-order valence-corrected chi connectivity index (χ0v) is 15.3. The maximum absolute atomic E-state index is 12.2. The first-order valence-corrected chi connectivity index (χ1v) is 8.88. The number of carbonyl (C=O) groups is 1. The minimum Gasteiger partial charge on any atom is -0.497 e. The number of hydrogen-bond acceptors (Lipinski definition) is 3. The van der Waals surface area contributed by atoms with E-state index in [1.165, 1.54) is 6.08 Å². The number of fused-ring (bicyclic) bond motifs is 1. The molecular weight excluding hydrogens is 350 g/mol. The summed E-state index contributed by atoms with van der Waals surface area (Å²) in [5.74, 6) is 0.559. The number of pyridine rings is 1. The highest BCUT2D eigenvalue weighted by molar-refractivity contribution is 6.02. The zero-order valence-electron chi connectivity index (χ0n) is 15.3. The van der Waals surface area contributed by atoms with Gasteiger partial charge in [0.25, 0.3) is 0 Å². The van der Waals surface area contributed by atoms with Gasteiger partial charge in [0, 0.05) is 35.1 Å². The molecule has 0 unspecified atom stereocenters. The Morgan fingerprint density at radius 1 is 1.07 bits per heavy atom. The number of rotatable bonds is 5. The van der Waals surface area contributed by atoms with Crippen LogP contribution in [0.5, 0.6) is 5.75 Å². The van der Waals surface area contributed by atoms with Crippen molar-refractivity contribution in [3.63, 3.8) is 0 Å². The third-order valence-electron chi connectivity index (χ3n) is 4.40. The second-order valence-electron chi connectivity index (χ2n) is 6.32. The molecule has 2 N–H and O–H groups in total. The summed E-state index contributed by atoms with van der Waals surface area (Å²) in [6.07, 6.45) is 7.04. The standard InChI is InChI=1S/C23H19N3O2/c1-28-21-8-6-20(7-9-21)26-22(27)10-5-16-3-2-4-17(13-16)19-14-18-11-12-24-23(18)25-15-19/h2-15H,1H3,(H,24,25)(H,26,27). The number of carbonyl (C=O) groups excluding carboxylic acids is 1. The molecule has 2 aromatic carbocycles. The van der Waals surface area contributed by atoms with Crippen LogP contribution in [0.4, 0.5) is 5.69 Å². The summed E-state index contributed by atoms with van der Waals surface area (Å²) < 4.78 is 5.11. The van der Waals surface area contributed by atoms with E-state index >= 15 is 0 Å². The van der Waals surface area contributed by atoms with E-state index in [0.717, 1.165) is 39.2 Å². The topological polar surface area (TPSA) is 67.0 Å². The Kier molecular flexibility index (Phi) is 4.89. The van der Waals surface area contributed by atoms with Gasteiger partial charge in [-0.2, -0.15) is 0 Å². The van der Waals surface area contributed by atoms with E-state index < -0.39 is 0 Å². The van der Waals surface area contributed by atoms with E-state index in [2.05, 4.69) is 21.4 Å². The summed E-state index contributed by atoms with van der Waals surface area (Å²) in [5.41, 5.74) is 4.61. The largest absolute Gasteiger partial charge is 0.497 e. The summed E-state index contributed by atoms with van der Waals surface area (Å²) >= 11 is 0. The molecule has 4 rings (SSSR count). The third kappa shape index (κ3) is 3.94. The highest BCUT2D eigenvalue weighted by atomic mass is 16.5. The number of amides is 1. The molecule has 0 bridgehead atoms. The lowest BCUT2D eigenvalue weighted by molar-refractivity contribution is -0.111. The van der Waals surface area contributed by atoms with Crippen LogP contribution in [0.25, 0.3) is 28.2 Å². The molecule has 0 fully saturated rings. The molecule has 5 nitrogen and oxygen atoms in total. The number of hydrogen-bond donors (Lipinski definition) is 2. The number of methoxy groups -OCH3 is 1. The van der Waals surface area contributed by atoms with Crippen molar-refractivity contribution in [1.29, 1.82) is 0 Å². The number of H-pyrrole nitrogens is 1. The SMILES string of the molecule is COc1ccc(NC(=O)C=Cc2cccc(-c3cnc4[nH]ccc4c3)c2)cc1. The Morgan fingerprint density at radius 3 is 2.75 bits per heavy atom. The van der Waals surface area contributed by atoms with Crippen molar-refractivity contribution < 1.29 is 9.53 Å². The lowest BCUT2D eigenvalue weighted by atomic mass is 10.0. The van der Waals surface area contributed by atoms with Gasteiger partial charge in [0.1, 0.15) is 11.4 Å². The summed E-state index contributed by atoms with van der Waals surface area (Å²) in [6, 6.07) is 19.3. The van der Waals surface area contributed by atoms with Crippen LogP contribution in [0.3, 0.4) is 0 Å². The second kappa shape index (κ2) is 7.80. The van der Waals surface area contributed by atoms with Crippen LogP contribution in [-0.4, -0.2) is 23.0 Å². The van der Waals surface area contributed by atoms with Gasteiger partial charge >= 0.3 is 0 Å². The molecule has 0 atom stereocenters. The van der Waals surface area contributed by atoms with E-state index in [9.17, 15) is 4.79 Å². The predicted octanol–water partition coefficient (Wildman–Crippen LogP) is 4.89. The molecule has 4 aromatic rings. The highest BCUT2D eigenvalue weighted by Crippen LogP contribution is 2.23. The first-order chi connectivity index (χ1) is 13.7. The first kappa shape index (κ1) is 17.5. The summed E-state index contributed by atoms with van der Waals surface area (Å²) in [4.78, 5) is 19.7. The molecule has 0 aliphatic heterocycles. The molecule has 1 amide bonds. The van der Waals surface area contributed by atoms with Gasteiger partial charge in [0.05, 0.1) is 7.11 Å². The van der Waals surface area contributed by atoms with E-state index in [1.54, 1.807) is 37.5 Å². The van der Waals surface area contributed by atoms with Gasteiger partial charge in [-0.3, -0.25) is 4.79 Å². The number of benzene rings is 2. The summed E-state index contributed by atoms with van der Waals surface area (Å²) in [7, 11) is 1.61. The number of nitrogens with one attached hydrogen (secondary N) is 2. The third-order valence-corrected chi connectivity index (χ3v) is 4.40. The van der Waals surface area contributed by atoms with Crippen molar-refractivity contribution in [1.82, 2.24) is 9.97 Å². The van der Waals surface area contributed by atoms with Crippen molar-refractivity contribution in [3.8, 4) is 16.9 Å². The molecule has 5 heteroatoms. The molecule has 0 saturated carbocycles. The van der Waals surface area contributed by atoms with Gasteiger partial charge in [-0.1, -0.05) is 18.2 Å². The molecule has 138 valence electrons. The van der Waals surface area contributed by atoms with Gasteiger partial charge in [-0.25, -0.2) is 4.98 Å². The lowest BCUT2D eigenvalue weighted by Gasteiger charge is -2.04. The average molecular weight is 369 g/mol. The number of ether oxygens (including phenoxy) is 1. The van der Waals surface area contributed by atoms with Gasteiger partial charge in [0.15, 0.2) is 0 Å². The van der Waals surface area contributed by atoms with Crippen LogP contribution in [0.1, 0.15) is 5.56 Å². The van der Waals surface area contributed by atoms with Crippen molar-refractivity contribution in [2.24, 2.45) is 0 Å². The van der Waals surface area contributed by atoms with Crippen molar-refractivity contribution in [3.05, 3.63) is 84.7 Å². The number of aromatic amines is 1. The molecular formula is C23H19N3O2. The minimum absolute atomic E-state index is 0.189. The Hall–Kier alpha value is -3.86. The normalized spacial score (nSPS) is 11.0. The summed E-state index contributed by atoms with van der Waals surface area (Å²) in [6.45, 7) is 0. The van der Waals surface area contributed by atoms with E-state index in [-0.39, 0.29) is 5.91 Å². The fraction of sp³-hybridized carbons (Fsp3) is 0.0435. The minimum atomic E-state index is -0.189. The zero-order chi connectivity index (χ0) is 19.3. The summed E-state index contributed by atoms with van der Waals surface area (Å²) in [5, 5.41) is 3.90. The van der Waals surface area contributed by atoms with Gasteiger partial charge in [-0.15, -0.1) is 0 Å². The second-order valence-corrected chi connectivity index (χ2v) is 6.32. The molecule has 0 aliphatic carbocycles. The molecule has 2 heterocycles. The van der Waals surface area contributed by atoms with Gasteiger partial charge in [0.2, 0.25) is 5.91 Å². The Morgan fingerprint density at radius 2 is 1.93 bits per heavy atom. The van der Waals surface area contributed by atoms with Crippen molar-refractivity contribution >= 4 is 28.7 Å². The lowest BCUT2D eigenvalue weighted by Crippen LogP contribution is -2.07. The highest BCUT2D eigenvalue weighted by Gasteiger charge is 2.03. The number of aromatic nitrogens is 2. The molecule has 0 saturated heterocycles. The fourth-order valence-corrected chi connectivity index (χ4v) is 2.95. The Bertz CT molecular complexity index is 1140. The van der Waals surface area contributed by atoms with Crippen LogP contribution in [0.15, 0.2) is 79.1 Å².